The fourth-order valence-corrected chi connectivity index (χ4v) is 4.08. The van der Waals surface area contributed by atoms with E-state index in [0.29, 0.717) is 11.4 Å². The zero-order valence-corrected chi connectivity index (χ0v) is 16.8. The SMILES string of the molecule is Cc1ccc2cccc(NC(=O)Cc3csc(Cc4cccc(Cl)c4)n3)c2n1. The second-order valence-electron chi connectivity index (χ2n) is 6.59. The van der Waals surface area contributed by atoms with E-state index in [4.69, 9.17) is 11.6 Å². The van der Waals surface area contributed by atoms with Crippen molar-refractivity contribution >= 4 is 45.4 Å². The average Bonchev–Trinajstić information content (AvgIpc) is 3.09. The first kappa shape index (κ1) is 18.6. The van der Waals surface area contributed by atoms with E-state index >= 15 is 0 Å². The predicted molar refractivity (Wildman–Crippen MR) is 115 cm³/mol. The molecule has 4 rings (SSSR count). The Bertz CT molecular complexity index is 1160. The molecule has 0 bridgehead atoms. The number of fused-ring (bicyclic) bond motifs is 1. The van der Waals surface area contributed by atoms with Gasteiger partial charge in [-0.3, -0.25) is 9.78 Å². The number of carbonyl (C=O) groups excluding carboxylic acids is 1. The summed E-state index contributed by atoms with van der Waals surface area (Å²) in [6.45, 7) is 1.94. The minimum Gasteiger partial charge on any atom is -0.324 e. The molecule has 0 atom stereocenters. The number of carbonyl (C=O) groups is 1. The molecule has 0 spiro atoms. The molecule has 1 amide bonds. The minimum atomic E-state index is -0.101. The molecule has 4 nitrogen and oxygen atoms in total. The normalized spacial score (nSPS) is 10.9. The van der Waals surface area contributed by atoms with E-state index in [1.54, 1.807) is 11.3 Å². The van der Waals surface area contributed by atoms with E-state index in [9.17, 15) is 4.79 Å². The maximum Gasteiger partial charge on any atom is 0.230 e. The molecule has 1 N–H and O–H groups in total. The highest BCUT2D eigenvalue weighted by molar-refractivity contribution is 7.09. The van der Waals surface area contributed by atoms with Gasteiger partial charge in [0.15, 0.2) is 0 Å². The molecule has 0 unspecified atom stereocenters. The molecule has 0 saturated heterocycles. The van der Waals surface area contributed by atoms with Crippen molar-refractivity contribution in [2.24, 2.45) is 0 Å². The van der Waals surface area contributed by atoms with Crippen molar-refractivity contribution in [1.82, 2.24) is 9.97 Å². The molecular weight excluding hydrogens is 390 g/mol. The van der Waals surface area contributed by atoms with Gasteiger partial charge in [0, 0.05) is 27.9 Å². The highest BCUT2D eigenvalue weighted by atomic mass is 35.5. The summed E-state index contributed by atoms with van der Waals surface area (Å²) >= 11 is 7.59. The Morgan fingerprint density at radius 3 is 2.82 bits per heavy atom. The van der Waals surface area contributed by atoms with E-state index in [1.807, 2.05) is 66.9 Å². The number of hydrogen-bond acceptors (Lipinski definition) is 4. The third kappa shape index (κ3) is 4.38. The monoisotopic (exact) mass is 407 g/mol. The molecule has 140 valence electrons. The summed E-state index contributed by atoms with van der Waals surface area (Å²) in [7, 11) is 0. The number of amides is 1. The van der Waals surface area contributed by atoms with Crippen molar-refractivity contribution in [3.05, 3.63) is 87.0 Å². The summed E-state index contributed by atoms with van der Waals surface area (Å²) in [5.41, 5.74) is 4.31. The smallest absolute Gasteiger partial charge is 0.230 e. The molecule has 4 aromatic rings. The Labute approximate surface area is 172 Å². The topological polar surface area (TPSA) is 54.9 Å². The van der Waals surface area contributed by atoms with Gasteiger partial charge in [-0.1, -0.05) is 41.9 Å². The summed E-state index contributed by atoms with van der Waals surface area (Å²) in [6, 6.07) is 17.5. The van der Waals surface area contributed by atoms with E-state index in [2.05, 4.69) is 15.3 Å². The molecule has 6 heteroatoms. The lowest BCUT2D eigenvalue weighted by atomic mass is 10.1. The second kappa shape index (κ2) is 8.09. The predicted octanol–water partition coefficient (Wildman–Crippen LogP) is 5.43. The lowest BCUT2D eigenvalue weighted by molar-refractivity contribution is -0.115. The zero-order chi connectivity index (χ0) is 19.5. The number of hydrogen-bond donors (Lipinski definition) is 1. The van der Waals surface area contributed by atoms with Crippen LogP contribution in [-0.2, 0) is 17.6 Å². The van der Waals surface area contributed by atoms with Gasteiger partial charge in [0.25, 0.3) is 0 Å². The van der Waals surface area contributed by atoms with Crippen LogP contribution in [0.3, 0.4) is 0 Å². The van der Waals surface area contributed by atoms with Crippen molar-refractivity contribution in [2.75, 3.05) is 5.32 Å². The number of aryl methyl sites for hydroxylation is 1. The standard InChI is InChI=1S/C22H18ClN3OS/c1-14-8-9-16-5-3-7-19(22(16)24-14)26-20(27)12-18-13-28-21(25-18)11-15-4-2-6-17(23)10-15/h2-10,13H,11-12H2,1H3,(H,26,27). The van der Waals surface area contributed by atoms with Crippen molar-refractivity contribution in [1.29, 1.82) is 0 Å². The molecule has 28 heavy (non-hydrogen) atoms. The van der Waals surface area contributed by atoms with E-state index in [1.165, 1.54) is 0 Å². The highest BCUT2D eigenvalue weighted by Crippen LogP contribution is 2.22. The van der Waals surface area contributed by atoms with Gasteiger partial charge in [-0.2, -0.15) is 0 Å². The maximum atomic E-state index is 12.5. The molecule has 0 radical (unpaired) electrons. The van der Waals surface area contributed by atoms with Crippen LogP contribution in [0, 0.1) is 6.92 Å². The molecule has 0 aliphatic carbocycles. The maximum absolute atomic E-state index is 12.5. The van der Waals surface area contributed by atoms with Gasteiger partial charge in [0.2, 0.25) is 5.91 Å². The molecule has 2 aromatic carbocycles. The van der Waals surface area contributed by atoms with Gasteiger partial charge in [-0.05, 0) is 36.8 Å². The Morgan fingerprint density at radius 2 is 1.96 bits per heavy atom. The van der Waals surface area contributed by atoms with Gasteiger partial charge >= 0.3 is 0 Å². The Hall–Kier alpha value is -2.76. The van der Waals surface area contributed by atoms with Gasteiger partial charge < -0.3 is 5.32 Å². The number of nitrogens with zero attached hydrogens (tertiary/aromatic N) is 2. The number of pyridine rings is 1. The summed E-state index contributed by atoms with van der Waals surface area (Å²) in [4.78, 5) is 21.7. The number of thiazole rings is 1. The number of rotatable bonds is 5. The molecule has 0 aliphatic heterocycles. The lowest BCUT2D eigenvalue weighted by Crippen LogP contribution is -2.15. The number of benzene rings is 2. The van der Waals surface area contributed by atoms with Crippen molar-refractivity contribution in [2.45, 2.75) is 19.8 Å². The first-order chi connectivity index (χ1) is 13.6. The second-order valence-corrected chi connectivity index (χ2v) is 7.97. The molecule has 0 fully saturated rings. The molecular formula is C22H18ClN3OS. The number of anilines is 1. The van der Waals surface area contributed by atoms with Gasteiger partial charge in [-0.15, -0.1) is 11.3 Å². The highest BCUT2D eigenvalue weighted by Gasteiger charge is 2.11. The van der Waals surface area contributed by atoms with Crippen LogP contribution in [0.4, 0.5) is 5.69 Å². The van der Waals surface area contributed by atoms with Gasteiger partial charge in [-0.25, -0.2) is 4.98 Å². The number of para-hydroxylation sites is 1. The van der Waals surface area contributed by atoms with Gasteiger partial charge in [0.1, 0.15) is 0 Å². The third-order valence-electron chi connectivity index (χ3n) is 4.32. The summed E-state index contributed by atoms with van der Waals surface area (Å²) < 4.78 is 0. The Balaban J connectivity index is 1.45. The van der Waals surface area contributed by atoms with Crippen LogP contribution in [0.15, 0.2) is 60.0 Å². The number of halogens is 1. The first-order valence-electron chi connectivity index (χ1n) is 8.91. The fourth-order valence-electron chi connectivity index (χ4n) is 3.04. The van der Waals surface area contributed by atoms with Crippen LogP contribution in [0.5, 0.6) is 0 Å². The van der Waals surface area contributed by atoms with Crippen LogP contribution >= 0.6 is 22.9 Å². The molecule has 0 aliphatic rings. The van der Waals surface area contributed by atoms with E-state index in [0.717, 1.165) is 38.5 Å². The molecule has 2 heterocycles. The Morgan fingerprint density at radius 1 is 1.11 bits per heavy atom. The van der Waals surface area contributed by atoms with Crippen molar-refractivity contribution in [3.8, 4) is 0 Å². The van der Waals surface area contributed by atoms with Crippen LogP contribution in [-0.4, -0.2) is 15.9 Å². The zero-order valence-electron chi connectivity index (χ0n) is 15.3. The van der Waals surface area contributed by atoms with Crippen molar-refractivity contribution < 1.29 is 4.79 Å². The van der Waals surface area contributed by atoms with Crippen LogP contribution in [0.1, 0.15) is 22.0 Å². The summed E-state index contributed by atoms with van der Waals surface area (Å²) in [5.74, 6) is -0.101. The van der Waals surface area contributed by atoms with Crippen LogP contribution < -0.4 is 5.32 Å². The van der Waals surface area contributed by atoms with Crippen molar-refractivity contribution in [3.63, 3.8) is 0 Å². The number of nitrogens with one attached hydrogen (secondary N) is 1. The number of aromatic nitrogens is 2. The Kier molecular flexibility index (Phi) is 5.37. The van der Waals surface area contributed by atoms with E-state index < -0.39 is 0 Å². The van der Waals surface area contributed by atoms with Gasteiger partial charge in [0.05, 0.1) is 28.3 Å². The lowest BCUT2D eigenvalue weighted by Gasteiger charge is -2.08. The van der Waals surface area contributed by atoms with Crippen LogP contribution in [0.2, 0.25) is 5.02 Å². The fraction of sp³-hybridized carbons (Fsp3) is 0.136. The summed E-state index contributed by atoms with van der Waals surface area (Å²) in [5, 5.41) is 7.59. The largest absolute Gasteiger partial charge is 0.324 e. The molecule has 2 aromatic heterocycles. The average molecular weight is 408 g/mol. The quantitative estimate of drug-likeness (QED) is 0.480. The van der Waals surface area contributed by atoms with Crippen LogP contribution in [0.25, 0.3) is 10.9 Å². The molecule has 0 saturated carbocycles. The minimum absolute atomic E-state index is 0.101. The third-order valence-corrected chi connectivity index (χ3v) is 5.45. The summed E-state index contributed by atoms with van der Waals surface area (Å²) in [6.07, 6.45) is 0.938. The first-order valence-corrected chi connectivity index (χ1v) is 10.2. The van der Waals surface area contributed by atoms with E-state index in [-0.39, 0.29) is 12.3 Å².